The molecule has 0 radical (unpaired) electrons. The highest BCUT2D eigenvalue weighted by atomic mass is 35.5. The zero-order chi connectivity index (χ0) is 7.56. The molecule has 0 saturated carbocycles. The van der Waals surface area contributed by atoms with E-state index in [1.165, 1.54) is 16.9 Å². The van der Waals surface area contributed by atoms with Crippen LogP contribution in [0.25, 0.3) is 0 Å². The Hall–Kier alpha value is 0.280. The molecule has 1 aromatic heterocycles. The molecule has 0 N–H and O–H groups in total. The maximum absolute atomic E-state index is 5.86. The van der Waals surface area contributed by atoms with Crippen LogP contribution < -0.4 is 0 Å². The molecule has 10 heavy (non-hydrogen) atoms. The third-order valence-electron chi connectivity index (χ3n) is 1.25. The number of hydrogen-bond donors (Lipinski definition) is 0. The van der Waals surface area contributed by atoms with Crippen LogP contribution in [-0.2, 0) is 6.42 Å². The molecule has 0 aliphatic carbocycles. The molecule has 1 rings (SSSR count). The van der Waals surface area contributed by atoms with Crippen molar-refractivity contribution in [2.75, 3.05) is 0 Å². The predicted molar refractivity (Wildman–Crippen MR) is 48.3 cm³/mol. The van der Waals surface area contributed by atoms with E-state index in [2.05, 4.69) is 6.92 Å². The van der Waals surface area contributed by atoms with Crippen LogP contribution in [0.15, 0.2) is 6.07 Å². The summed E-state index contributed by atoms with van der Waals surface area (Å²) in [4.78, 5) is 0. The van der Waals surface area contributed by atoms with Crippen molar-refractivity contribution >= 4 is 34.5 Å². The molecule has 1 heterocycles. The number of thiophene rings is 1. The minimum absolute atomic E-state index is 0.786. The van der Waals surface area contributed by atoms with Gasteiger partial charge >= 0.3 is 0 Å². The molecule has 0 unspecified atom stereocenters. The topological polar surface area (TPSA) is 0 Å². The second kappa shape index (κ2) is 3.61. The van der Waals surface area contributed by atoms with Crippen LogP contribution in [0.1, 0.15) is 18.9 Å². The highest BCUT2D eigenvalue weighted by Crippen LogP contribution is 2.31. The highest BCUT2D eigenvalue weighted by molar-refractivity contribution is 7.20. The summed E-state index contributed by atoms with van der Waals surface area (Å²) in [7, 11) is 0. The average molecular weight is 195 g/mol. The van der Waals surface area contributed by atoms with Gasteiger partial charge in [-0.05, 0) is 18.1 Å². The van der Waals surface area contributed by atoms with Crippen LogP contribution in [0, 0.1) is 0 Å². The van der Waals surface area contributed by atoms with E-state index >= 15 is 0 Å². The summed E-state index contributed by atoms with van der Waals surface area (Å²) in [6.45, 7) is 2.13. The third-order valence-corrected chi connectivity index (χ3v) is 2.82. The molecule has 0 aromatic carbocycles. The van der Waals surface area contributed by atoms with Crippen LogP contribution >= 0.6 is 34.5 Å². The fourth-order valence-corrected chi connectivity index (χ4v) is 2.36. The average Bonchev–Trinajstić information content (AvgIpc) is 2.13. The van der Waals surface area contributed by atoms with Crippen molar-refractivity contribution < 1.29 is 0 Å². The molecular formula is C7H8Cl2S. The van der Waals surface area contributed by atoms with Crippen LogP contribution in [0.4, 0.5) is 0 Å². The molecule has 0 nitrogen and oxygen atoms in total. The zero-order valence-electron chi connectivity index (χ0n) is 5.66. The number of rotatable bonds is 2. The largest absolute Gasteiger partial charge is 0.111 e. The van der Waals surface area contributed by atoms with Crippen molar-refractivity contribution in [2.24, 2.45) is 0 Å². The Bertz CT molecular complexity index is 217. The lowest BCUT2D eigenvalue weighted by Crippen LogP contribution is -1.76. The maximum Gasteiger partial charge on any atom is 0.0976 e. The van der Waals surface area contributed by atoms with E-state index in [4.69, 9.17) is 23.2 Å². The highest BCUT2D eigenvalue weighted by Gasteiger charge is 2.03. The van der Waals surface area contributed by atoms with Gasteiger partial charge in [-0.15, -0.1) is 11.3 Å². The van der Waals surface area contributed by atoms with Crippen LogP contribution in [0.2, 0.25) is 8.67 Å². The fraction of sp³-hybridized carbons (Fsp3) is 0.429. The Labute approximate surface area is 74.8 Å². The summed E-state index contributed by atoms with van der Waals surface area (Å²) in [5.41, 5.74) is 1.18. The van der Waals surface area contributed by atoms with Crippen molar-refractivity contribution in [3.05, 3.63) is 20.3 Å². The van der Waals surface area contributed by atoms with Gasteiger partial charge in [0.25, 0.3) is 0 Å². The summed E-state index contributed by atoms with van der Waals surface area (Å²) < 4.78 is 1.63. The minimum Gasteiger partial charge on any atom is -0.111 e. The maximum atomic E-state index is 5.86. The lowest BCUT2D eigenvalue weighted by Gasteiger charge is -1.90. The van der Waals surface area contributed by atoms with Crippen molar-refractivity contribution in [1.29, 1.82) is 0 Å². The van der Waals surface area contributed by atoms with E-state index in [-0.39, 0.29) is 0 Å². The monoisotopic (exact) mass is 194 g/mol. The third kappa shape index (κ3) is 1.88. The molecule has 1 aromatic rings. The Morgan fingerprint density at radius 3 is 2.60 bits per heavy atom. The van der Waals surface area contributed by atoms with Crippen LogP contribution in [-0.4, -0.2) is 0 Å². The molecule has 0 atom stereocenters. The Balaban J connectivity index is 2.81. The second-order valence-corrected chi connectivity index (χ2v) is 4.39. The van der Waals surface area contributed by atoms with Gasteiger partial charge in [0, 0.05) is 0 Å². The van der Waals surface area contributed by atoms with E-state index in [9.17, 15) is 0 Å². The van der Waals surface area contributed by atoms with E-state index in [1.807, 2.05) is 6.07 Å². The molecular weight excluding hydrogens is 187 g/mol. The smallest absolute Gasteiger partial charge is 0.0976 e. The fourth-order valence-electron chi connectivity index (χ4n) is 0.814. The summed E-state index contributed by atoms with van der Waals surface area (Å²) in [5.74, 6) is 0. The Morgan fingerprint density at radius 2 is 2.20 bits per heavy atom. The van der Waals surface area contributed by atoms with Gasteiger partial charge in [0.05, 0.1) is 8.67 Å². The first-order valence-corrected chi connectivity index (χ1v) is 4.75. The quantitative estimate of drug-likeness (QED) is 0.668. The van der Waals surface area contributed by atoms with E-state index in [0.29, 0.717) is 0 Å². The number of hydrogen-bond acceptors (Lipinski definition) is 1. The van der Waals surface area contributed by atoms with E-state index in [1.54, 1.807) is 0 Å². The molecule has 0 bridgehead atoms. The standard InChI is InChI=1S/C7H8Cl2S/c1-2-3-5-4-6(8)10-7(5)9/h4H,2-3H2,1H3. The van der Waals surface area contributed by atoms with Crippen LogP contribution in [0.5, 0.6) is 0 Å². The first kappa shape index (κ1) is 8.38. The van der Waals surface area contributed by atoms with Crippen molar-refractivity contribution in [3.8, 4) is 0 Å². The summed E-state index contributed by atoms with van der Waals surface area (Å²) in [6.07, 6.45) is 2.15. The van der Waals surface area contributed by atoms with Gasteiger partial charge in [-0.3, -0.25) is 0 Å². The molecule has 3 heteroatoms. The SMILES string of the molecule is CCCc1cc(Cl)sc1Cl. The summed E-state index contributed by atoms with van der Waals surface area (Å²) in [6, 6.07) is 1.94. The first-order valence-electron chi connectivity index (χ1n) is 3.17. The Kier molecular flexibility index (Phi) is 3.02. The Morgan fingerprint density at radius 1 is 1.50 bits per heavy atom. The predicted octanol–water partition coefficient (Wildman–Crippen LogP) is 4.01. The van der Waals surface area contributed by atoms with Gasteiger partial charge in [-0.25, -0.2) is 0 Å². The molecule has 56 valence electrons. The zero-order valence-corrected chi connectivity index (χ0v) is 7.98. The van der Waals surface area contributed by atoms with Crippen LogP contribution in [0.3, 0.4) is 0 Å². The van der Waals surface area contributed by atoms with E-state index < -0.39 is 0 Å². The second-order valence-electron chi connectivity index (χ2n) is 2.10. The van der Waals surface area contributed by atoms with Crippen molar-refractivity contribution in [3.63, 3.8) is 0 Å². The first-order chi connectivity index (χ1) is 4.74. The number of halogens is 2. The van der Waals surface area contributed by atoms with Gasteiger partial charge in [0.1, 0.15) is 0 Å². The molecule has 0 fully saturated rings. The normalized spacial score (nSPS) is 10.3. The minimum atomic E-state index is 0.786. The summed E-state index contributed by atoms with van der Waals surface area (Å²) >= 11 is 13.0. The van der Waals surface area contributed by atoms with Gasteiger partial charge in [-0.1, -0.05) is 36.5 Å². The van der Waals surface area contributed by atoms with E-state index in [0.717, 1.165) is 21.5 Å². The van der Waals surface area contributed by atoms with Gasteiger partial charge in [-0.2, -0.15) is 0 Å². The lowest BCUT2D eigenvalue weighted by atomic mass is 10.2. The molecule has 0 saturated heterocycles. The molecule has 0 aliphatic heterocycles. The molecule has 0 aliphatic rings. The van der Waals surface area contributed by atoms with Gasteiger partial charge in [0.15, 0.2) is 0 Å². The number of aryl methyl sites for hydroxylation is 1. The molecule has 0 amide bonds. The summed E-state index contributed by atoms with van der Waals surface area (Å²) in [5, 5.41) is 0. The molecule has 0 spiro atoms. The lowest BCUT2D eigenvalue weighted by molar-refractivity contribution is 0.927. The van der Waals surface area contributed by atoms with Crippen molar-refractivity contribution in [2.45, 2.75) is 19.8 Å². The van der Waals surface area contributed by atoms with Crippen molar-refractivity contribution in [1.82, 2.24) is 0 Å². The van der Waals surface area contributed by atoms with Gasteiger partial charge < -0.3 is 0 Å². The van der Waals surface area contributed by atoms with Gasteiger partial charge in [0.2, 0.25) is 0 Å².